The van der Waals surface area contributed by atoms with Gasteiger partial charge in [-0.25, -0.2) is 0 Å². The van der Waals surface area contributed by atoms with Gasteiger partial charge in [-0.15, -0.1) is 0 Å². The minimum absolute atomic E-state index is 0.171. The predicted octanol–water partition coefficient (Wildman–Crippen LogP) is 5.95. The average molecular weight is 478 g/mol. The molecule has 0 saturated heterocycles. The second-order valence-electron chi connectivity index (χ2n) is 8.18. The Kier molecular flexibility index (Phi) is 6.18. The van der Waals surface area contributed by atoms with E-state index in [0.717, 1.165) is 34.9 Å². The van der Waals surface area contributed by atoms with Crippen LogP contribution >= 0.6 is 11.6 Å². The minimum Gasteiger partial charge on any atom is -0.497 e. The highest BCUT2D eigenvalue weighted by Crippen LogP contribution is 2.34. The summed E-state index contributed by atoms with van der Waals surface area (Å²) in [6.07, 6.45) is 0.798. The van der Waals surface area contributed by atoms with Gasteiger partial charge in [0.05, 0.1) is 18.1 Å². The van der Waals surface area contributed by atoms with Crippen LogP contribution in [0.5, 0.6) is 23.0 Å². The highest BCUT2D eigenvalue weighted by Gasteiger charge is 2.24. The number of hydrogen-bond acceptors (Lipinski definition) is 6. The van der Waals surface area contributed by atoms with Gasteiger partial charge in [0.25, 0.3) is 0 Å². The molecular weight excluding hydrogens is 454 g/mol. The second kappa shape index (κ2) is 9.41. The van der Waals surface area contributed by atoms with Crippen molar-refractivity contribution in [3.63, 3.8) is 0 Å². The fraction of sp³-hybridized carbons (Fsp3) is 0.222. The predicted molar refractivity (Wildman–Crippen MR) is 131 cm³/mol. The number of halogens is 1. The van der Waals surface area contributed by atoms with E-state index in [1.54, 1.807) is 44.4 Å². The van der Waals surface area contributed by atoms with Crippen molar-refractivity contribution in [3.05, 3.63) is 92.8 Å². The van der Waals surface area contributed by atoms with Gasteiger partial charge < -0.3 is 18.6 Å². The smallest absolute Gasteiger partial charge is 0.235 e. The molecule has 7 heteroatoms. The summed E-state index contributed by atoms with van der Waals surface area (Å²) in [5.41, 5.74) is 2.27. The van der Waals surface area contributed by atoms with E-state index in [9.17, 15) is 4.79 Å². The lowest BCUT2D eigenvalue weighted by atomic mass is 10.1. The van der Waals surface area contributed by atoms with E-state index in [-0.39, 0.29) is 11.2 Å². The van der Waals surface area contributed by atoms with Crippen LogP contribution in [0.3, 0.4) is 0 Å². The SMILES string of the molecule is COc1ccc(Oc2c(C)oc3c4c(ccc3c2=O)OCN(CCc2ccccc2Cl)C4)cc1. The summed E-state index contributed by atoms with van der Waals surface area (Å²) >= 11 is 6.31. The Hall–Kier alpha value is -3.48. The maximum Gasteiger partial charge on any atom is 0.235 e. The van der Waals surface area contributed by atoms with Gasteiger partial charge in [-0.1, -0.05) is 29.8 Å². The molecule has 34 heavy (non-hydrogen) atoms. The number of rotatable bonds is 6. The molecule has 0 saturated carbocycles. The Labute approximate surface area is 202 Å². The maximum atomic E-state index is 13.3. The van der Waals surface area contributed by atoms with Crippen molar-refractivity contribution in [2.75, 3.05) is 20.4 Å². The molecule has 6 nitrogen and oxygen atoms in total. The third-order valence-corrected chi connectivity index (χ3v) is 6.33. The molecule has 4 aromatic rings. The summed E-state index contributed by atoms with van der Waals surface area (Å²) in [6.45, 7) is 3.57. The fourth-order valence-corrected chi connectivity index (χ4v) is 4.34. The molecular formula is C27H24ClNO5. The quantitative estimate of drug-likeness (QED) is 0.342. The lowest BCUT2D eigenvalue weighted by Gasteiger charge is -2.29. The number of methoxy groups -OCH3 is 1. The zero-order chi connectivity index (χ0) is 23.7. The van der Waals surface area contributed by atoms with E-state index in [4.69, 9.17) is 30.2 Å². The van der Waals surface area contributed by atoms with Crippen LogP contribution in [-0.4, -0.2) is 25.3 Å². The van der Waals surface area contributed by atoms with Crippen molar-refractivity contribution < 1.29 is 18.6 Å². The van der Waals surface area contributed by atoms with Crippen molar-refractivity contribution in [2.24, 2.45) is 0 Å². The van der Waals surface area contributed by atoms with Crippen LogP contribution in [0.1, 0.15) is 16.9 Å². The number of benzene rings is 3. The summed E-state index contributed by atoms with van der Waals surface area (Å²) < 4.78 is 23.2. The summed E-state index contributed by atoms with van der Waals surface area (Å²) in [6, 6.07) is 18.5. The largest absolute Gasteiger partial charge is 0.497 e. The normalized spacial score (nSPS) is 13.4. The minimum atomic E-state index is -0.217. The molecule has 0 spiro atoms. The van der Waals surface area contributed by atoms with E-state index in [2.05, 4.69) is 4.90 Å². The second-order valence-corrected chi connectivity index (χ2v) is 8.59. The summed E-state index contributed by atoms with van der Waals surface area (Å²) in [5.74, 6) is 2.55. The van der Waals surface area contributed by atoms with Gasteiger partial charge in [0.2, 0.25) is 11.2 Å². The first kappa shape index (κ1) is 22.3. The van der Waals surface area contributed by atoms with Crippen molar-refractivity contribution in [1.29, 1.82) is 0 Å². The number of fused-ring (bicyclic) bond motifs is 3. The number of aryl methyl sites for hydroxylation is 1. The molecule has 0 atom stereocenters. The van der Waals surface area contributed by atoms with E-state index >= 15 is 0 Å². The lowest BCUT2D eigenvalue weighted by molar-refractivity contribution is 0.0968. The van der Waals surface area contributed by atoms with Crippen LogP contribution in [0.15, 0.2) is 69.9 Å². The molecule has 1 aliphatic heterocycles. The first-order chi connectivity index (χ1) is 16.5. The molecule has 5 rings (SSSR count). The van der Waals surface area contributed by atoms with E-state index in [1.165, 1.54) is 0 Å². The van der Waals surface area contributed by atoms with Gasteiger partial charge in [-0.2, -0.15) is 0 Å². The van der Waals surface area contributed by atoms with Crippen LogP contribution < -0.4 is 19.6 Å². The van der Waals surface area contributed by atoms with E-state index in [1.807, 2.05) is 30.3 Å². The first-order valence-electron chi connectivity index (χ1n) is 11.0. The van der Waals surface area contributed by atoms with E-state index < -0.39 is 0 Å². The number of ether oxygens (including phenoxy) is 3. The third kappa shape index (κ3) is 4.34. The average Bonchev–Trinajstić information content (AvgIpc) is 2.86. The lowest BCUT2D eigenvalue weighted by Crippen LogP contribution is -2.33. The fourth-order valence-electron chi connectivity index (χ4n) is 4.10. The molecule has 2 heterocycles. The molecule has 0 fully saturated rings. The summed E-state index contributed by atoms with van der Waals surface area (Å²) in [7, 11) is 1.60. The van der Waals surface area contributed by atoms with Crippen LogP contribution in [0.25, 0.3) is 11.0 Å². The van der Waals surface area contributed by atoms with Crippen molar-refractivity contribution in [3.8, 4) is 23.0 Å². The molecule has 0 bridgehead atoms. The Bertz CT molecular complexity index is 1400. The van der Waals surface area contributed by atoms with Gasteiger partial charge in [-0.3, -0.25) is 9.69 Å². The standard InChI is InChI=1S/C27H24ClNO5/c1-17-26(34-20-9-7-19(31-2)8-10-20)25(30)21-11-12-24-22(27(21)33-17)15-29(16-32-24)14-13-18-5-3-4-6-23(18)28/h3-12H,13-16H2,1-2H3. The van der Waals surface area contributed by atoms with Gasteiger partial charge >= 0.3 is 0 Å². The van der Waals surface area contributed by atoms with Crippen LogP contribution in [0.2, 0.25) is 5.02 Å². The molecule has 0 aliphatic carbocycles. The topological polar surface area (TPSA) is 61.1 Å². The molecule has 0 unspecified atom stereocenters. The monoisotopic (exact) mass is 477 g/mol. The zero-order valence-electron chi connectivity index (χ0n) is 19.0. The van der Waals surface area contributed by atoms with Gasteiger partial charge in [0.15, 0.2) is 0 Å². The highest BCUT2D eigenvalue weighted by molar-refractivity contribution is 6.31. The number of nitrogens with zero attached hydrogens (tertiary/aromatic N) is 1. The zero-order valence-corrected chi connectivity index (χ0v) is 19.7. The Morgan fingerprint density at radius 3 is 2.56 bits per heavy atom. The van der Waals surface area contributed by atoms with Crippen LogP contribution in [0.4, 0.5) is 0 Å². The molecule has 0 amide bonds. The van der Waals surface area contributed by atoms with Gasteiger partial charge in [-0.05, 0) is 61.4 Å². The first-order valence-corrected chi connectivity index (χ1v) is 11.4. The van der Waals surface area contributed by atoms with Gasteiger partial charge in [0.1, 0.15) is 35.3 Å². The van der Waals surface area contributed by atoms with Gasteiger partial charge in [0, 0.05) is 18.1 Å². The van der Waals surface area contributed by atoms with Crippen molar-refractivity contribution in [2.45, 2.75) is 19.9 Å². The molecule has 0 N–H and O–H groups in total. The Morgan fingerprint density at radius 2 is 1.79 bits per heavy atom. The maximum absolute atomic E-state index is 13.3. The Morgan fingerprint density at radius 1 is 1.03 bits per heavy atom. The van der Waals surface area contributed by atoms with Crippen LogP contribution in [-0.2, 0) is 13.0 Å². The van der Waals surface area contributed by atoms with Crippen molar-refractivity contribution in [1.82, 2.24) is 4.90 Å². The molecule has 1 aliphatic rings. The van der Waals surface area contributed by atoms with Crippen molar-refractivity contribution >= 4 is 22.6 Å². The third-order valence-electron chi connectivity index (χ3n) is 5.96. The Balaban J connectivity index is 1.42. The summed E-state index contributed by atoms with van der Waals surface area (Å²) in [5, 5.41) is 1.22. The molecule has 174 valence electrons. The van der Waals surface area contributed by atoms with Crippen LogP contribution in [0, 0.1) is 6.92 Å². The molecule has 1 aromatic heterocycles. The molecule has 3 aromatic carbocycles. The van der Waals surface area contributed by atoms with E-state index in [0.29, 0.717) is 41.5 Å². The highest BCUT2D eigenvalue weighted by atomic mass is 35.5. The molecule has 0 radical (unpaired) electrons. The summed E-state index contributed by atoms with van der Waals surface area (Å²) in [4.78, 5) is 15.5. The number of hydrogen-bond donors (Lipinski definition) is 0.